The molecule has 2 unspecified atom stereocenters. The first-order valence-electron chi connectivity index (χ1n) is 6.81. The topological polar surface area (TPSA) is 53.8 Å². The summed E-state index contributed by atoms with van der Waals surface area (Å²) in [6.45, 7) is 3.06. The first-order valence-corrected chi connectivity index (χ1v) is 6.81. The molecule has 18 heavy (non-hydrogen) atoms. The summed E-state index contributed by atoms with van der Waals surface area (Å²) in [6, 6.07) is 9.30. The standard InChI is InChI=1S/C15H21N3/c1-10-12(9-17-15-8-4-6-13(15)16)11-5-2-3-7-14(11)18-10/h2-3,5,7,13,15,17-18H,4,6,8-9,16H2,1H3. The van der Waals surface area contributed by atoms with E-state index in [1.165, 1.54) is 35.0 Å². The van der Waals surface area contributed by atoms with Gasteiger partial charge in [-0.2, -0.15) is 0 Å². The molecule has 3 rings (SSSR count). The van der Waals surface area contributed by atoms with E-state index in [4.69, 9.17) is 5.73 Å². The molecule has 3 heteroatoms. The number of H-pyrrole nitrogens is 1. The maximum absolute atomic E-state index is 6.10. The average Bonchev–Trinajstić information content (AvgIpc) is 2.90. The van der Waals surface area contributed by atoms with Crippen LogP contribution in [0.5, 0.6) is 0 Å². The van der Waals surface area contributed by atoms with E-state index in [1.54, 1.807) is 0 Å². The van der Waals surface area contributed by atoms with Gasteiger partial charge in [0, 0.05) is 35.2 Å². The number of aryl methyl sites for hydroxylation is 1. The fourth-order valence-corrected chi connectivity index (χ4v) is 3.04. The summed E-state index contributed by atoms with van der Waals surface area (Å²) < 4.78 is 0. The van der Waals surface area contributed by atoms with Crippen LogP contribution in [0.3, 0.4) is 0 Å². The van der Waals surface area contributed by atoms with E-state index in [0.717, 1.165) is 13.0 Å². The highest BCUT2D eigenvalue weighted by Gasteiger charge is 2.23. The molecule has 1 aliphatic rings. The van der Waals surface area contributed by atoms with Crippen LogP contribution in [0, 0.1) is 6.92 Å². The molecule has 1 aromatic carbocycles. The molecule has 0 bridgehead atoms. The predicted octanol–water partition coefficient (Wildman–Crippen LogP) is 2.45. The number of rotatable bonds is 3. The van der Waals surface area contributed by atoms with Crippen molar-refractivity contribution in [2.75, 3.05) is 0 Å². The van der Waals surface area contributed by atoms with Crippen molar-refractivity contribution < 1.29 is 0 Å². The molecule has 0 saturated heterocycles. The summed E-state index contributed by atoms with van der Waals surface area (Å²) in [5, 5.41) is 4.95. The Morgan fingerprint density at radius 1 is 1.33 bits per heavy atom. The normalized spacial score (nSPS) is 23.9. The zero-order valence-corrected chi connectivity index (χ0v) is 10.9. The lowest BCUT2D eigenvalue weighted by Gasteiger charge is -2.17. The Balaban J connectivity index is 1.80. The molecule has 4 N–H and O–H groups in total. The van der Waals surface area contributed by atoms with Crippen LogP contribution in [0.2, 0.25) is 0 Å². The number of aromatic nitrogens is 1. The lowest BCUT2D eigenvalue weighted by molar-refractivity contribution is 0.475. The highest BCUT2D eigenvalue weighted by Crippen LogP contribution is 2.23. The third-order valence-electron chi connectivity index (χ3n) is 4.14. The van der Waals surface area contributed by atoms with E-state index in [9.17, 15) is 0 Å². The van der Waals surface area contributed by atoms with Gasteiger partial charge in [-0.05, 0) is 31.4 Å². The summed E-state index contributed by atoms with van der Waals surface area (Å²) >= 11 is 0. The first kappa shape index (κ1) is 11.8. The van der Waals surface area contributed by atoms with Gasteiger partial charge in [0.05, 0.1) is 0 Å². The zero-order valence-electron chi connectivity index (χ0n) is 10.9. The van der Waals surface area contributed by atoms with E-state index < -0.39 is 0 Å². The molecule has 1 fully saturated rings. The Morgan fingerprint density at radius 3 is 2.94 bits per heavy atom. The molecule has 2 aromatic rings. The molecule has 0 spiro atoms. The van der Waals surface area contributed by atoms with Gasteiger partial charge in [0.15, 0.2) is 0 Å². The molecule has 1 heterocycles. The van der Waals surface area contributed by atoms with Crippen molar-refractivity contribution in [1.82, 2.24) is 10.3 Å². The molecule has 1 saturated carbocycles. The number of nitrogens with one attached hydrogen (secondary N) is 2. The molecular weight excluding hydrogens is 222 g/mol. The van der Waals surface area contributed by atoms with Gasteiger partial charge < -0.3 is 16.0 Å². The van der Waals surface area contributed by atoms with Crippen LogP contribution in [0.1, 0.15) is 30.5 Å². The lowest BCUT2D eigenvalue weighted by Crippen LogP contribution is -2.40. The number of nitrogens with two attached hydrogens (primary N) is 1. The maximum atomic E-state index is 6.10. The van der Waals surface area contributed by atoms with Crippen molar-refractivity contribution in [2.45, 2.75) is 44.8 Å². The number of hydrogen-bond donors (Lipinski definition) is 3. The van der Waals surface area contributed by atoms with Crippen molar-refractivity contribution in [2.24, 2.45) is 5.73 Å². The number of hydrogen-bond acceptors (Lipinski definition) is 2. The Labute approximate surface area is 108 Å². The van der Waals surface area contributed by atoms with Crippen LogP contribution in [0.15, 0.2) is 24.3 Å². The van der Waals surface area contributed by atoms with E-state index in [1.807, 2.05) is 0 Å². The molecule has 0 aliphatic heterocycles. The summed E-state index contributed by atoms with van der Waals surface area (Å²) in [5.41, 5.74) is 9.96. The van der Waals surface area contributed by atoms with Crippen molar-refractivity contribution >= 4 is 10.9 Å². The van der Waals surface area contributed by atoms with Crippen LogP contribution in [-0.4, -0.2) is 17.1 Å². The Kier molecular flexibility index (Phi) is 3.10. The minimum absolute atomic E-state index is 0.329. The van der Waals surface area contributed by atoms with Crippen LogP contribution < -0.4 is 11.1 Å². The highest BCUT2D eigenvalue weighted by atomic mass is 15.0. The SMILES string of the molecule is Cc1[nH]c2ccccc2c1CNC1CCCC1N. The molecule has 2 atom stereocenters. The summed E-state index contributed by atoms with van der Waals surface area (Å²) in [5.74, 6) is 0. The van der Waals surface area contributed by atoms with Gasteiger partial charge in [0.1, 0.15) is 0 Å². The second-order valence-electron chi connectivity index (χ2n) is 5.36. The zero-order chi connectivity index (χ0) is 12.5. The monoisotopic (exact) mass is 243 g/mol. The fourth-order valence-electron chi connectivity index (χ4n) is 3.04. The minimum Gasteiger partial charge on any atom is -0.358 e. The Bertz CT molecular complexity index is 544. The van der Waals surface area contributed by atoms with Gasteiger partial charge in [-0.3, -0.25) is 0 Å². The summed E-state index contributed by atoms with van der Waals surface area (Å²) in [6.07, 6.45) is 3.62. The number of benzene rings is 1. The summed E-state index contributed by atoms with van der Waals surface area (Å²) in [4.78, 5) is 3.44. The lowest BCUT2D eigenvalue weighted by atomic mass is 10.1. The van der Waals surface area contributed by atoms with E-state index in [0.29, 0.717) is 12.1 Å². The highest BCUT2D eigenvalue weighted by molar-refractivity contribution is 5.84. The summed E-state index contributed by atoms with van der Waals surface area (Å²) in [7, 11) is 0. The van der Waals surface area contributed by atoms with Gasteiger partial charge in [0.25, 0.3) is 0 Å². The molecule has 96 valence electrons. The first-order chi connectivity index (χ1) is 8.75. The van der Waals surface area contributed by atoms with Crippen LogP contribution in [-0.2, 0) is 6.54 Å². The largest absolute Gasteiger partial charge is 0.358 e. The molecule has 3 nitrogen and oxygen atoms in total. The second-order valence-corrected chi connectivity index (χ2v) is 5.36. The van der Waals surface area contributed by atoms with Crippen LogP contribution >= 0.6 is 0 Å². The van der Waals surface area contributed by atoms with Gasteiger partial charge >= 0.3 is 0 Å². The van der Waals surface area contributed by atoms with Crippen molar-refractivity contribution in [3.63, 3.8) is 0 Å². The molecule has 1 aliphatic carbocycles. The second kappa shape index (κ2) is 4.75. The predicted molar refractivity (Wildman–Crippen MR) is 75.5 cm³/mol. The smallest absolute Gasteiger partial charge is 0.0459 e. The van der Waals surface area contributed by atoms with Gasteiger partial charge in [-0.25, -0.2) is 0 Å². The average molecular weight is 243 g/mol. The molecular formula is C15H21N3. The third kappa shape index (κ3) is 2.04. The van der Waals surface area contributed by atoms with Crippen molar-refractivity contribution in [3.8, 4) is 0 Å². The molecule has 0 radical (unpaired) electrons. The quantitative estimate of drug-likeness (QED) is 0.775. The van der Waals surface area contributed by atoms with E-state index in [2.05, 4.69) is 41.5 Å². The maximum Gasteiger partial charge on any atom is 0.0459 e. The van der Waals surface area contributed by atoms with E-state index >= 15 is 0 Å². The fraction of sp³-hybridized carbons (Fsp3) is 0.467. The Hall–Kier alpha value is -1.32. The minimum atomic E-state index is 0.329. The van der Waals surface area contributed by atoms with Gasteiger partial charge in [0.2, 0.25) is 0 Å². The van der Waals surface area contributed by atoms with Gasteiger partial charge in [-0.1, -0.05) is 24.6 Å². The number of fused-ring (bicyclic) bond motifs is 1. The Morgan fingerprint density at radius 2 is 2.17 bits per heavy atom. The van der Waals surface area contributed by atoms with Gasteiger partial charge in [-0.15, -0.1) is 0 Å². The number of para-hydroxylation sites is 1. The molecule has 0 amide bonds. The van der Waals surface area contributed by atoms with E-state index in [-0.39, 0.29) is 0 Å². The van der Waals surface area contributed by atoms with Crippen LogP contribution in [0.25, 0.3) is 10.9 Å². The van der Waals surface area contributed by atoms with Crippen molar-refractivity contribution in [3.05, 3.63) is 35.5 Å². The van der Waals surface area contributed by atoms with Crippen molar-refractivity contribution in [1.29, 1.82) is 0 Å². The third-order valence-corrected chi connectivity index (χ3v) is 4.14. The van der Waals surface area contributed by atoms with Crippen LogP contribution in [0.4, 0.5) is 0 Å². The number of aromatic amines is 1. The molecule has 1 aromatic heterocycles.